The van der Waals surface area contributed by atoms with Gasteiger partial charge in [-0.25, -0.2) is 0 Å². The zero-order valence-electron chi connectivity index (χ0n) is 6.88. The molecule has 1 N–H and O–H groups in total. The van der Waals surface area contributed by atoms with Gasteiger partial charge in [-0.05, 0) is 25.2 Å². The molecule has 0 radical (unpaired) electrons. The van der Waals surface area contributed by atoms with Gasteiger partial charge < -0.3 is 9.84 Å². The summed E-state index contributed by atoms with van der Waals surface area (Å²) in [5.74, 6) is 0.532. The lowest BCUT2D eigenvalue weighted by molar-refractivity contribution is -0.142. The van der Waals surface area contributed by atoms with Gasteiger partial charge in [0.05, 0.1) is 12.2 Å². The van der Waals surface area contributed by atoms with Crippen molar-refractivity contribution in [2.75, 3.05) is 13.2 Å². The van der Waals surface area contributed by atoms with Crippen LogP contribution in [0, 0.1) is 5.92 Å². The second kappa shape index (κ2) is 2.76. The van der Waals surface area contributed by atoms with Gasteiger partial charge in [-0.1, -0.05) is 12.8 Å². The van der Waals surface area contributed by atoms with Gasteiger partial charge >= 0.3 is 0 Å². The number of ether oxygens (including phenoxy) is 1. The Balaban J connectivity index is 2.06. The molecule has 1 unspecified atom stereocenters. The van der Waals surface area contributed by atoms with Crippen molar-refractivity contribution in [1.29, 1.82) is 0 Å². The van der Waals surface area contributed by atoms with E-state index in [9.17, 15) is 5.11 Å². The van der Waals surface area contributed by atoms with Gasteiger partial charge in [-0.15, -0.1) is 0 Å². The maximum absolute atomic E-state index is 10.1. The first-order chi connectivity index (χ1) is 5.31. The lowest BCUT2D eigenvalue weighted by Gasteiger charge is -2.43. The van der Waals surface area contributed by atoms with E-state index in [0.717, 1.165) is 19.4 Å². The summed E-state index contributed by atoms with van der Waals surface area (Å²) in [7, 11) is 0. The van der Waals surface area contributed by atoms with E-state index in [0.29, 0.717) is 12.5 Å². The molecule has 0 bridgehead atoms. The average molecular weight is 156 g/mol. The molecule has 1 heterocycles. The molecule has 11 heavy (non-hydrogen) atoms. The van der Waals surface area contributed by atoms with Crippen LogP contribution in [0.25, 0.3) is 0 Å². The summed E-state index contributed by atoms with van der Waals surface area (Å²) in [5, 5.41) is 10.1. The van der Waals surface area contributed by atoms with Crippen LogP contribution in [-0.4, -0.2) is 23.9 Å². The third-order valence-corrected chi connectivity index (χ3v) is 3.13. The van der Waals surface area contributed by atoms with Gasteiger partial charge in [-0.3, -0.25) is 0 Å². The van der Waals surface area contributed by atoms with Crippen LogP contribution in [0.4, 0.5) is 0 Å². The zero-order valence-corrected chi connectivity index (χ0v) is 6.88. The molecule has 0 aromatic carbocycles. The maximum Gasteiger partial charge on any atom is 0.0908 e. The molecule has 2 heteroatoms. The molecule has 2 rings (SSSR count). The summed E-state index contributed by atoms with van der Waals surface area (Å²) in [6.07, 6.45) is 5.71. The second-order valence-corrected chi connectivity index (χ2v) is 3.89. The molecule has 1 saturated carbocycles. The molecular formula is C9H16O2. The van der Waals surface area contributed by atoms with E-state index in [1.807, 2.05) is 0 Å². The fourth-order valence-corrected chi connectivity index (χ4v) is 2.37. The highest BCUT2D eigenvalue weighted by Crippen LogP contribution is 2.38. The van der Waals surface area contributed by atoms with Crippen LogP contribution in [0.15, 0.2) is 0 Å². The molecule has 2 nitrogen and oxygen atoms in total. The number of hydrogen-bond donors (Lipinski definition) is 1. The van der Waals surface area contributed by atoms with E-state index >= 15 is 0 Å². The predicted molar refractivity (Wildman–Crippen MR) is 42.3 cm³/mol. The Kier molecular flexibility index (Phi) is 1.90. The quantitative estimate of drug-likeness (QED) is 0.573. The molecule has 0 aromatic heterocycles. The summed E-state index contributed by atoms with van der Waals surface area (Å²) < 4.78 is 5.29. The Morgan fingerprint density at radius 2 is 2.18 bits per heavy atom. The van der Waals surface area contributed by atoms with Crippen molar-refractivity contribution < 1.29 is 9.84 Å². The van der Waals surface area contributed by atoms with Crippen LogP contribution in [0.1, 0.15) is 32.1 Å². The largest absolute Gasteiger partial charge is 0.387 e. The minimum Gasteiger partial charge on any atom is -0.387 e. The molecule has 0 aromatic rings. The van der Waals surface area contributed by atoms with E-state index in [-0.39, 0.29) is 0 Å². The maximum atomic E-state index is 10.1. The van der Waals surface area contributed by atoms with Crippen LogP contribution in [-0.2, 0) is 4.74 Å². The summed E-state index contributed by atoms with van der Waals surface area (Å²) >= 11 is 0. The van der Waals surface area contributed by atoms with Crippen LogP contribution in [0.2, 0.25) is 0 Å². The molecule has 2 atom stereocenters. The summed E-state index contributed by atoms with van der Waals surface area (Å²) in [4.78, 5) is 0. The van der Waals surface area contributed by atoms with Crippen molar-refractivity contribution in [3.05, 3.63) is 0 Å². The molecule has 0 spiro atoms. The molecule has 64 valence electrons. The van der Waals surface area contributed by atoms with Crippen molar-refractivity contribution in [2.24, 2.45) is 5.92 Å². The third-order valence-electron chi connectivity index (χ3n) is 3.13. The number of aliphatic hydroxyl groups is 1. The topological polar surface area (TPSA) is 29.5 Å². The highest BCUT2D eigenvalue weighted by molar-refractivity contribution is 4.91. The van der Waals surface area contributed by atoms with Gasteiger partial charge in [0, 0.05) is 6.61 Å². The fourth-order valence-electron chi connectivity index (χ4n) is 2.37. The highest BCUT2D eigenvalue weighted by atomic mass is 16.5. The van der Waals surface area contributed by atoms with Gasteiger partial charge in [0.2, 0.25) is 0 Å². The van der Waals surface area contributed by atoms with Crippen LogP contribution < -0.4 is 0 Å². The summed E-state index contributed by atoms with van der Waals surface area (Å²) in [6, 6.07) is 0. The van der Waals surface area contributed by atoms with Gasteiger partial charge in [0.15, 0.2) is 0 Å². The molecule has 1 aliphatic carbocycles. The van der Waals surface area contributed by atoms with E-state index < -0.39 is 5.60 Å². The standard InChI is InChI=1S/C9H16O2/c10-9-5-2-1-3-8(9)4-6-11-7-9/h8,10H,1-7H2/t8?,9-/m1/s1. The molecular weight excluding hydrogens is 140 g/mol. The number of rotatable bonds is 0. The molecule has 2 fully saturated rings. The fraction of sp³-hybridized carbons (Fsp3) is 1.00. The summed E-state index contributed by atoms with van der Waals surface area (Å²) in [5.41, 5.74) is -0.448. The highest BCUT2D eigenvalue weighted by Gasteiger charge is 2.40. The smallest absolute Gasteiger partial charge is 0.0908 e. The van der Waals surface area contributed by atoms with Crippen LogP contribution in [0.3, 0.4) is 0 Å². The van der Waals surface area contributed by atoms with E-state index in [2.05, 4.69) is 0 Å². The SMILES string of the molecule is O[C@@]12CCCCC1CCOC2. The van der Waals surface area contributed by atoms with Gasteiger partial charge in [0.1, 0.15) is 0 Å². The van der Waals surface area contributed by atoms with Crippen molar-refractivity contribution in [3.8, 4) is 0 Å². The van der Waals surface area contributed by atoms with Crippen LogP contribution in [0.5, 0.6) is 0 Å². The van der Waals surface area contributed by atoms with Gasteiger partial charge in [-0.2, -0.15) is 0 Å². The Hall–Kier alpha value is -0.0800. The van der Waals surface area contributed by atoms with Gasteiger partial charge in [0.25, 0.3) is 0 Å². The molecule has 0 amide bonds. The minimum absolute atomic E-state index is 0.448. The van der Waals surface area contributed by atoms with E-state index in [4.69, 9.17) is 4.74 Å². The van der Waals surface area contributed by atoms with E-state index in [1.54, 1.807) is 0 Å². The summed E-state index contributed by atoms with van der Waals surface area (Å²) in [6.45, 7) is 1.44. The monoisotopic (exact) mass is 156 g/mol. The normalized spacial score (nSPS) is 45.0. The third kappa shape index (κ3) is 1.30. The molecule has 2 aliphatic rings. The lowest BCUT2D eigenvalue weighted by atomic mass is 9.73. The molecule has 1 saturated heterocycles. The molecule has 1 aliphatic heterocycles. The van der Waals surface area contributed by atoms with Crippen LogP contribution >= 0.6 is 0 Å². The first-order valence-corrected chi connectivity index (χ1v) is 4.61. The number of fused-ring (bicyclic) bond motifs is 1. The average Bonchev–Trinajstić information content (AvgIpc) is 2.03. The Labute approximate surface area is 67.6 Å². The Bertz CT molecular complexity index is 132. The Morgan fingerprint density at radius 3 is 3.00 bits per heavy atom. The Morgan fingerprint density at radius 1 is 1.27 bits per heavy atom. The first-order valence-electron chi connectivity index (χ1n) is 4.61. The first kappa shape index (κ1) is 7.56. The van der Waals surface area contributed by atoms with Crippen molar-refractivity contribution >= 4 is 0 Å². The number of hydrogen-bond acceptors (Lipinski definition) is 2. The van der Waals surface area contributed by atoms with Crippen molar-refractivity contribution in [3.63, 3.8) is 0 Å². The predicted octanol–water partition coefficient (Wildman–Crippen LogP) is 1.33. The van der Waals surface area contributed by atoms with Crippen molar-refractivity contribution in [1.82, 2.24) is 0 Å². The van der Waals surface area contributed by atoms with Crippen molar-refractivity contribution in [2.45, 2.75) is 37.7 Å². The second-order valence-electron chi connectivity index (χ2n) is 3.89. The lowest BCUT2D eigenvalue weighted by Crippen LogP contribution is -2.48. The van der Waals surface area contributed by atoms with E-state index in [1.165, 1.54) is 19.3 Å². The zero-order chi connectivity index (χ0) is 7.73. The minimum atomic E-state index is -0.448.